The van der Waals surface area contributed by atoms with Gasteiger partial charge in [0.15, 0.2) is 0 Å². The summed E-state index contributed by atoms with van der Waals surface area (Å²) >= 11 is 6.78. The van der Waals surface area contributed by atoms with E-state index in [9.17, 15) is 4.79 Å². The number of hydrogen-bond donors (Lipinski definition) is 0. The number of halogens is 1. The number of aromatic nitrogens is 2. The summed E-state index contributed by atoms with van der Waals surface area (Å²) in [4.78, 5) is 11.9. The second kappa shape index (κ2) is 4.08. The molecule has 0 bridgehead atoms. The van der Waals surface area contributed by atoms with E-state index in [1.165, 1.54) is 0 Å². The van der Waals surface area contributed by atoms with Crippen molar-refractivity contribution >= 4 is 29.1 Å². The maximum absolute atomic E-state index is 11.9. The molecule has 2 rings (SSSR count). The maximum atomic E-state index is 11.9. The Morgan fingerprint density at radius 1 is 1.27 bits per heavy atom. The van der Waals surface area contributed by atoms with Crippen LogP contribution >= 0.6 is 23.3 Å². The normalized spacial score (nSPS) is 10.3. The van der Waals surface area contributed by atoms with Crippen molar-refractivity contribution in [2.75, 3.05) is 0 Å². The van der Waals surface area contributed by atoms with Crippen molar-refractivity contribution < 1.29 is 4.79 Å². The van der Waals surface area contributed by atoms with Gasteiger partial charge in [-0.25, -0.2) is 0 Å². The molecule has 2 aromatic rings. The molecule has 0 radical (unpaired) electrons. The maximum Gasteiger partial charge on any atom is 0.214 e. The number of carbonyl (C=O) groups is 1. The molecule has 76 valence electrons. The number of ketones is 1. The fourth-order valence-corrected chi connectivity index (χ4v) is 1.85. The van der Waals surface area contributed by atoms with Gasteiger partial charge in [0.25, 0.3) is 0 Å². The molecule has 0 fully saturated rings. The predicted octanol–water partition coefficient (Wildman–Crippen LogP) is 2.73. The van der Waals surface area contributed by atoms with E-state index in [2.05, 4.69) is 8.75 Å². The molecule has 0 spiro atoms. The van der Waals surface area contributed by atoms with Gasteiger partial charge in [-0.2, -0.15) is 8.75 Å². The lowest BCUT2D eigenvalue weighted by atomic mass is 10.1. The van der Waals surface area contributed by atoms with E-state index in [1.54, 1.807) is 31.2 Å². The number of carbonyl (C=O) groups excluding carboxylic acids is 1. The minimum Gasteiger partial charge on any atom is -0.287 e. The van der Waals surface area contributed by atoms with Crippen LogP contribution in [-0.2, 0) is 0 Å². The second-order valence-electron chi connectivity index (χ2n) is 3.03. The Kier molecular flexibility index (Phi) is 2.79. The molecule has 0 amide bonds. The van der Waals surface area contributed by atoms with Crippen LogP contribution in [0.3, 0.4) is 0 Å². The Hall–Kier alpha value is -1.26. The first-order chi connectivity index (χ1) is 7.18. The van der Waals surface area contributed by atoms with E-state index >= 15 is 0 Å². The summed E-state index contributed by atoms with van der Waals surface area (Å²) in [5.41, 5.74) is 1.66. The van der Waals surface area contributed by atoms with E-state index in [1.807, 2.05) is 0 Å². The fraction of sp³-hybridized carbons (Fsp3) is 0.100. The van der Waals surface area contributed by atoms with E-state index in [0.717, 1.165) is 11.7 Å². The van der Waals surface area contributed by atoms with Gasteiger partial charge in [0, 0.05) is 10.6 Å². The third-order valence-electron chi connectivity index (χ3n) is 1.97. The highest BCUT2D eigenvalue weighted by molar-refractivity contribution is 6.99. The predicted molar refractivity (Wildman–Crippen MR) is 59.5 cm³/mol. The van der Waals surface area contributed by atoms with Gasteiger partial charge in [0.05, 0.1) is 17.4 Å². The summed E-state index contributed by atoms with van der Waals surface area (Å²) < 4.78 is 7.93. The molecule has 0 aliphatic heterocycles. The number of nitrogens with zero attached hydrogens (tertiary/aromatic N) is 2. The van der Waals surface area contributed by atoms with Gasteiger partial charge in [-0.3, -0.25) is 4.79 Å². The van der Waals surface area contributed by atoms with E-state index in [4.69, 9.17) is 11.6 Å². The number of benzene rings is 1. The smallest absolute Gasteiger partial charge is 0.214 e. The molecular weight excluding hydrogens is 232 g/mol. The molecule has 0 saturated heterocycles. The molecule has 0 atom stereocenters. The highest BCUT2D eigenvalue weighted by Crippen LogP contribution is 2.14. The van der Waals surface area contributed by atoms with Crippen LogP contribution in [-0.4, -0.2) is 14.5 Å². The molecular formula is C10H7ClN2OS. The van der Waals surface area contributed by atoms with Gasteiger partial charge in [-0.05, 0) is 31.2 Å². The largest absolute Gasteiger partial charge is 0.287 e. The third-order valence-corrected chi connectivity index (χ3v) is 2.85. The molecule has 5 heteroatoms. The molecule has 0 unspecified atom stereocenters. The first-order valence-corrected chi connectivity index (χ1v) is 5.39. The van der Waals surface area contributed by atoms with Crippen LogP contribution in [0.1, 0.15) is 21.7 Å². The zero-order valence-electron chi connectivity index (χ0n) is 7.90. The molecule has 0 aliphatic carbocycles. The van der Waals surface area contributed by atoms with Gasteiger partial charge in [-0.1, -0.05) is 11.6 Å². The van der Waals surface area contributed by atoms with E-state index in [-0.39, 0.29) is 5.78 Å². The lowest BCUT2D eigenvalue weighted by molar-refractivity contribution is 0.103. The van der Waals surface area contributed by atoms with Crippen LogP contribution in [0.2, 0.25) is 5.02 Å². The van der Waals surface area contributed by atoms with Crippen LogP contribution in [0.4, 0.5) is 0 Å². The van der Waals surface area contributed by atoms with Crippen LogP contribution in [0.5, 0.6) is 0 Å². The van der Waals surface area contributed by atoms with Gasteiger partial charge < -0.3 is 0 Å². The summed E-state index contributed by atoms with van der Waals surface area (Å²) in [6.07, 6.45) is 0. The van der Waals surface area contributed by atoms with Crippen LogP contribution in [0.15, 0.2) is 24.3 Å². The lowest BCUT2D eigenvalue weighted by Gasteiger charge is -1.97. The summed E-state index contributed by atoms with van der Waals surface area (Å²) in [6.45, 7) is 1.77. The zero-order valence-corrected chi connectivity index (χ0v) is 9.47. The van der Waals surface area contributed by atoms with Crippen molar-refractivity contribution in [3.8, 4) is 0 Å². The van der Waals surface area contributed by atoms with Gasteiger partial charge >= 0.3 is 0 Å². The molecule has 0 aliphatic rings. The van der Waals surface area contributed by atoms with Gasteiger partial charge in [0.1, 0.15) is 5.69 Å². The lowest BCUT2D eigenvalue weighted by Crippen LogP contribution is -2.03. The summed E-state index contributed by atoms with van der Waals surface area (Å²) in [5, 5.41) is 0.611. The number of rotatable bonds is 2. The van der Waals surface area contributed by atoms with Crippen molar-refractivity contribution in [2.45, 2.75) is 6.92 Å². The Bertz CT molecular complexity index is 492. The average molecular weight is 239 g/mol. The fourth-order valence-electron chi connectivity index (χ4n) is 1.18. The number of hydrogen-bond acceptors (Lipinski definition) is 4. The molecule has 1 aromatic carbocycles. The Labute approximate surface area is 96.0 Å². The van der Waals surface area contributed by atoms with Gasteiger partial charge in [-0.15, -0.1) is 0 Å². The second-order valence-corrected chi connectivity index (χ2v) is 4.00. The molecule has 3 nitrogen and oxygen atoms in total. The summed E-state index contributed by atoms with van der Waals surface area (Å²) in [6, 6.07) is 6.74. The SMILES string of the molecule is Cc1nsnc1C(=O)c1ccc(Cl)cc1. The first-order valence-electron chi connectivity index (χ1n) is 4.28. The molecule has 1 aromatic heterocycles. The van der Waals surface area contributed by atoms with Crippen molar-refractivity contribution in [3.05, 3.63) is 46.2 Å². The van der Waals surface area contributed by atoms with Crippen molar-refractivity contribution in [2.24, 2.45) is 0 Å². The van der Waals surface area contributed by atoms with Crippen LogP contribution in [0, 0.1) is 6.92 Å². The first kappa shape index (κ1) is 10.3. The van der Waals surface area contributed by atoms with E-state index in [0.29, 0.717) is 22.0 Å². The molecule has 0 saturated carbocycles. The quantitative estimate of drug-likeness (QED) is 0.756. The Morgan fingerprint density at radius 2 is 1.93 bits per heavy atom. The molecule has 0 N–H and O–H groups in total. The Morgan fingerprint density at radius 3 is 2.47 bits per heavy atom. The average Bonchev–Trinajstić information content (AvgIpc) is 2.65. The minimum absolute atomic E-state index is 0.113. The van der Waals surface area contributed by atoms with E-state index < -0.39 is 0 Å². The summed E-state index contributed by atoms with van der Waals surface area (Å²) in [7, 11) is 0. The molecule has 15 heavy (non-hydrogen) atoms. The van der Waals surface area contributed by atoms with Gasteiger partial charge in [0.2, 0.25) is 5.78 Å². The van der Waals surface area contributed by atoms with Crippen molar-refractivity contribution in [1.29, 1.82) is 0 Å². The van der Waals surface area contributed by atoms with Crippen molar-refractivity contribution in [1.82, 2.24) is 8.75 Å². The summed E-state index contributed by atoms with van der Waals surface area (Å²) in [5.74, 6) is -0.113. The third kappa shape index (κ3) is 2.06. The topological polar surface area (TPSA) is 42.9 Å². The number of aryl methyl sites for hydroxylation is 1. The van der Waals surface area contributed by atoms with Crippen molar-refractivity contribution in [3.63, 3.8) is 0 Å². The standard InChI is InChI=1S/C10H7ClN2OS/c1-6-9(13-15-12-6)10(14)7-2-4-8(11)5-3-7/h2-5H,1H3. The van der Waals surface area contributed by atoms with Crippen LogP contribution in [0.25, 0.3) is 0 Å². The monoisotopic (exact) mass is 238 g/mol. The van der Waals surface area contributed by atoms with Crippen LogP contribution < -0.4 is 0 Å². The zero-order chi connectivity index (χ0) is 10.8. The highest BCUT2D eigenvalue weighted by atomic mass is 35.5. The molecule has 1 heterocycles. The Balaban J connectivity index is 2.37. The minimum atomic E-state index is -0.113. The highest BCUT2D eigenvalue weighted by Gasteiger charge is 2.15.